The van der Waals surface area contributed by atoms with Gasteiger partial charge in [-0.1, -0.05) is 0 Å². The van der Waals surface area contributed by atoms with Crippen LogP contribution >= 0.6 is 0 Å². The third-order valence-corrected chi connectivity index (χ3v) is 0.974. The number of aliphatic hydroxyl groups is 1. The van der Waals surface area contributed by atoms with Gasteiger partial charge in [0.1, 0.15) is 0 Å². The van der Waals surface area contributed by atoms with Crippen molar-refractivity contribution in [2.75, 3.05) is 0 Å². The van der Waals surface area contributed by atoms with E-state index in [1.807, 2.05) is 6.92 Å². The van der Waals surface area contributed by atoms with Crippen LogP contribution in [0.1, 0.15) is 19.8 Å². The first-order valence-electron chi connectivity index (χ1n) is 1.93. The first-order chi connectivity index (χ1) is 2.21. The molecule has 0 heterocycles. The largest absolute Gasteiger partial charge is 0.390 e. The molecule has 0 amide bonds. The van der Waals surface area contributed by atoms with Gasteiger partial charge in [0, 0.05) is 29.6 Å². The topological polar surface area (TPSA) is 20.2 Å². The molecule has 1 fully saturated rings. The zero-order valence-corrected chi connectivity index (χ0v) is 6.36. The minimum atomic E-state index is -0.250. The Balaban J connectivity index is 0.000000250. The fourth-order valence-corrected chi connectivity index (χ4v) is 0.181. The monoisotopic (exact) mass is 95.0 g/mol. The Kier molecular flexibility index (Phi) is 2.12. The van der Waals surface area contributed by atoms with E-state index < -0.39 is 0 Å². The van der Waals surface area contributed by atoms with Crippen molar-refractivity contribution in [3.63, 3.8) is 0 Å². The van der Waals surface area contributed by atoms with Crippen LogP contribution in [-0.4, -0.2) is 40.3 Å². The van der Waals surface area contributed by atoms with Gasteiger partial charge in [-0.2, -0.15) is 0 Å². The molecule has 0 aromatic heterocycles. The number of rotatable bonds is 0. The van der Waals surface area contributed by atoms with Gasteiger partial charge in [-0.15, -0.1) is 0 Å². The van der Waals surface area contributed by atoms with Crippen LogP contribution in [0, 0.1) is 0 Å². The average Bonchev–Trinajstić information content (AvgIpc) is 1.76. The summed E-state index contributed by atoms with van der Waals surface area (Å²) in [6.07, 6.45) is 2.01. The summed E-state index contributed by atoms with van der Waals surface area (Å²) < 4.78 is 0. The summed E-state index contributed by atoms with van der Waals surface area (Å²) in [7, 11) is 0. The number of hydrogen-bond donors (Lipinski definition) is 1. The van der Waals surface area contributed by atoms with Gasteiger partial charge >= 0.3 is 0 Å². The number of hydrogen-bond acceptors (Lipinski definition) is 1. The van der Waals surface area contributed by atoms with Gasteiger partial charge in [-0.05, 0) is 19.8 Å². The predicted molar refractivity (Wildman–Crippen MR) is 25.6 cm³/mol. The molecule has 0 aromatic carbocycles. The summed E-state index contributed by atoms with van der Waals surface area (Å²) in [4.78, 5) is 0. The summed E-state index contributed by atoms with van der Waals surface area (Å²) in [6.45, 7) is 1.85. The Bertz CT molecular complexity index is 45.5. The fourth-order valence-electron chi connectivity index (χ4n) is 0.181. The Hall–Kier alpha value is 0.960. The van der Waals surface area contributed by atoms with E-state index in [1.165, 1.54) is 0 Å². The minimum Gasteiger partial charge on any atom is -0.390 e. The van der Waals surface area contributed by atoms with Crippen LogP contribution in [0.3, 0.4) is 0 Å². The molecule has 0 unspecified atom stereocenters. The summed E-state index contributed by atoms with van der Waals surface area (Å²) >= 11 is 0. The average molecular weight is 95.1 g/mol. The standard InChI is InChI=1S/C4H8O.Na/c1-4(5)2-3-4;/h5H,2-3H2,1H3;. The van der Waals surface area contributed by atoms with Crippen molar-refractivity contribution in [3.05, 3.63) is 0 Å². The molecule has 0 aromatic rings. The second-order valence-corrected chi connectivity index (χ2v) is 2.00. The van der Waals surface area contributed by atoms with Gasteiger partial charge in [-0.3, -0.25) is 0 Å². The Morgan fingerprint density at radius 3 is 1.67 bits per heavy atom. The summed E-state index contributed by atoms with van der Waals surface area (Å²) in [5, 5.41) is 8.63. The van der Waals surface area contributed by atoms with Crippen molar-refractivity contribution in [1.29, 1.82) is 0 Å². The molecule has 6 heavy (non-hydrogen) atoms. The summed E-state index contributed by atoms with van der Waals surface area (Å²) in [5.74, 6) is 0. The molecule has 0 bridgehead atoms. The molecule has 1 aliphatic carbocycles. The van der Waals surface area contributed by atoms with Gasteiger partial charge in [0.25, 0.3) is 0 Å². The van der Waals surface area contributed by atoms with Crippen LogP contribution in [0.25, 0.3) is 0 Å². The molecule has 0 spiro atoms. The van der Waals surface area contributed by atoms with Crippen LogP contribution in [0.4, 0.5) is 0 Å². The third-order valence-electron chi connectivity index (χ3n) is 0.974. The molecule has 1 N–H and O–H groups in total. The van der Waals surface area contributed by atoms with Crippen molar-refractivity contribution < 1.29 is 5.11 Å². The van der Waals surface area contributed by atoms with Gasteiger partial charge in [0.05, 0.1) is 5.60 Å². The molecular formula is C4H8NaO. The molecule has 0 atom stereocenters. The zero-order valence-electron chi connectivity index (χ0n) is 4.36. The molecule has 0 aliphatic heterocycles. The maximum absolute atomic E-state index is 8.63. The zero-order chi connectivity index (χ0) is 3.91. The SMILES string of the molecule is CC1(O)CC1.[Na]. The Labute approximate surface area is 60.0 Å². The van der Waals surface area contributed by atoms with Crippen LogP contribution < -0.4 is 0 Å². The molecule has 1 nitrogen and oxygen atoms in total. The van der Waals surface area contributed by atoms with Crippen molar-refractivity contribution in [2.45, 2.75) is 25.4 Å². The van der Waals surface area contributed by atoms with E-state index in [0.29, 0.717) is 0 Å². The van der Waals surface area contributed by atoms with Crippen LogP contribution in [0.5, 0.6) is 0 Å². The quantitative estimate of drug-likeness (QED) is 0.424. The van der Waals surface area contributed by atoms with E-state index in [4.69, 9.17) is 5.11 Å². The van der Waals surface area contributed by atoms with Gasteiger partial charge in [0.2, 0.25) is 0 Å². The van der Waals surface area contributed by atoms with Gasteiger partial charge < -0.3 is 5.11 Å². The van der Waals surface area contributed by atoms with Crippen molar-refractivity contribution in [1.82, 2.24) is 0 Å². The van der Waals surface area contributed by atoms with E-state index in [-0.39, 0.29) is 35.2 Å². The molecule has 1 saturated carbocycles. The van der Waals surface area contributed by atoms with Crippen LogP contribution in [0.2, 0.25) is 0 Å². The Morgan fingerprint density at radius 2 is 1.67 bits per heavy atom. The first kappa shape index (κ1) is 6.96. The van der Waals surface area contributed by atoms with Crippen LogP contribution in [0.15, 0.2) is 0 Å². The van der Waals surface area contributed by atoms with Crippen molar-refractivity contribution >= 4 is 29.6 Å². The molecule has 0 saturated heterocycles. The fraction of sp³-hybridized carbons (Fsp3) is 1.00. The second kappa shape index (κ2) is 1.83. The van der Waals surface area contributed by atoms with E-state index in [9.17, 15) is 0 Å². The second-order valence-electron chi connectivity index (χ2n) is 2.00. The minimum absolute atomic E-state index is 0. The molecular weight excluding hydrogens is 87.0 g/mol. The third kappa shape index (κ3) is 2.19. The predicted octanol–water partition coefficient (Wildman–Crippen LogP) is 0.150. The van der Waals surface area contributed by atoms with Gasteiger partial charge in [-0.25, -0.2) is 0 Å². The van der Waals surface area contributed by atoms with E-state index in [2.05, 4.69) is 0 Å². The molecule has 1 aliphatic rings. The molecule has 31 valence electrons. The van der Waals surface area contributed by atoms with E-state index in [0.717, 1.165) is 12.8 Å². The Morgan fingerprint density at radius 1 is 1.50 bits per heavy atom. The van der Waals surface area contributed by atoms with Gasteiger partial charge in [0.15, 0.2) is 0 Å². The first-order valence-corrected chi connectivity index (χ1v) is 1.93. The van der Waals surface area contributed by atoms with E-state index >= 15 is 0 Å². The maximum atomic E-state index is 8.63. The van der Waals surface area contributed by atoms with Crippen molar-refractivity contribution in [2.24, 2.45) is 0 Å². The molecule has 1 rings (SSSR count). The molecule has 2 heteroatoms. The summed E-state index contributed by atoms with van der Waals surface area (Å²) in [6, 6.07) is 0. The molecule has 1 radical (unpaired) electrons. The van der Waals surface area contributed by atoms with E-state index in [1.54, 1.807) is 0 Å². The smallest absolute Gasteiger partial charge is 0.0622 e. The van der Waals surface area contributed by atoms with Crippen LogP contribution in [-0.2, 0) is 0 Å². The van der Waals surface area contributed by atoms with Crippen molar-refractivity contribution in [3.8, 4) is 0 Å². The maximum Gasteiger partial charge on any atom is 0.0622 e. The normalized spacial score (nSPS) is 25.0. The summed E-state index contributed by atoms with van der Waals surface area (Å²) in [5.41, 5.74) is -0.250.